The van der Waals surface area contributed by atoms with E-state index in [9.17, 15) is 20.0 Å². The summed E-state index contributed by atoms with van der Waals surface area (Å²) >= 11 is 0. The van der Waals surface area contributed by atoms with Gasteiger partial charge in [-0.2, -0.15) is 0 Å². The quantitative estimate of drug-likeness (QED) is 0.528. The first-order chi connectivity index (χ1) is 9.90. The van der Waals surface area contributed by atoms with E-state index < -0.39 is 10.5 Å². The summed E-state index contributed by atoms with van der Waals surface area (Å²) in [6.07, 6.45) is 1.12. The van der Waals surface area contributed by atoms with Crippen molar-refractivity contribution in [1.29, 1.82) is 0 Å². The molecule has 0 atom stereocenters. The Morgan fingerprint density at radius 3 is 2.29 bits per heavy atom. The molecule has 1 rings (SSSR count). The topological polar surface area (TPSA) is 104 Å². The molecular weight excluding hydrogens is 274 g/mol. The van der Waals surface area contributed by atoms with Crippen molar-refractivity contribution >= 4 is 11.7 Å². The molecule has 0 aliphatic carbocycles. The third kappa shape index (κ3) is 5.39. The van der Waals surface area contributed by atoms with Crippen molar-refractivity contribution in [2.75, 3.05) is 6.54 Å². The second-order valence-electron chi connectivity index (χ2n) is 4.89. The summed E-state index contributed by atoms with van der Waals surface area (Å²) in [7, 11) is 0. The summed E-state index contributed by atoms with van der Waals surface area (Å²) in [6.45, 7) is 4.17. The molecule has 0 saturated carbocycles. The molecule has 0 unspecified atom stereocenters. The lowest BCUT2D eigenvalue weighted by Crippen LogP contribution is -2.45. The molecule has 0 aliphatic rings. The van der Waals surface area contributed by atoms with Crippen LogP contribution in [0.4, 0.5) is 10.5 Å². The smallest absolute Gasteiger partial charge is 0.315 e. The van der Waals surface area contributed by atoms with E-state index in [1.165, 1.54) is 12.1 Å². The number of amides is 2. The van der Waals surface area contributed by atoms with Crippen molar-refractivity contribution in [3.8, 4) is 0 Å². The van der Waals surface area contributed by atoms with E-state index in [0.29, 0.717) is 12.8 Å². The van der Waals surface area contributed by atoms with Gasteiger partial charge in [0, 0.05) is 25.2 Å². The first-order valence-electron chi connectivity index (χ1n) is 6.87. The van der Waals surface area contributed by atoms with Gasteiger partial charge in [0.25, 0.3) is 5.69 Å². The van der Waals surface area contributed by atoms with Gasteiger partial charge in [-0.15, -0.1) is 0 Å². The lowest BCUT2D eigenvalue weighted by molar-refractivity contribution is -0.384. The molecule has 0 radical (unpaired) electrons. The third-order valence-electron chi connectivity index (χ3n) is 3.49. The van der Waals surface area contributed by atoms with Crippen LogP contribution in [-0.2, 0) is 6.54 Å². The lowest BCUT2D eigenvalue weighted by Gasteiger charge is -2.25. The van der Waals surface area contributed by atoms with Gasteiger partial charge < -0.3 is 15.7 Å². The number of non-ortho nitro benzene ring substituents is 1. The maximum absolute atomic E-state index is 11.6. The fraction of sp³-hybridized carbons (Fsp3) is 0.500. The normalized spacial score (nSPS) is 11.0. The monoisotopic (exact) mass is 295 g/mol. The number of hydrogen-bond donors (Lipinski definition) is 3. The SMILES string of the molecule is CCC(O)(CC)CNC(=O)NCc1ccc([N+](=O)[O-])cc1. The molecular formula is C14H21N3O4. The highest BCUT2D eigenvalue weighted by molar-refractivity contribution is 5.73. The summed E-state index contributed by atoms with van der Waals surface area (Å²) in [4.78, 5) is 21.7. The molecule has 7 heteroatoms. The van der Waals surface area contributed by atoms with Crippen LogP contribution < -0.4 is 10.6 Å². The summed E-state index contributed by atoms with van der Waals surface area (Å²) in [5.41, 5.74) is -0.110. The summed E-state index contributed by atoms with van der Waals surface area (Å²) < 4.78 is 0. The number of hydrogen-bond acceptors (Lipinski definition) is 4. The van der Waals surface area contributed by atoms with E-state index in [-0.39, 0.29) is 24.8 Å². The summed E-state index contributed by atoms with van der Waals surface area (Å²) in [5, 5.41) is 25.8. The molecule has 1 aromatic carbocycles. The third-order valence-corrected chi connectivity index (χ3v) is 3.49. The van der Waals surface area contributed by atoms with Gasteiger partial charge in [-0.3, -0.25) is 10.1 Å². The summed E-state index contributed by atoms with van der Waals surface area (Å²) in [6, 6.07) is 5.58. The number of urea groups is 1. The number of nitrogens with zero attached hydrogens (tertiary/aromatic N) is 1. The minimum atomic E-state index is -0.884. The average Bonchev–Trinajstić information content (AvgIpc) is 2.51. The van der Waals surface area contributed by atoms with E-state index in [1.54, 1.807) is 12.1 Å². The molecule has 0 spiro atoms. The van der Waals surface area contributed by atoms with Crippen molar-refractivity contribution in [3.63, 3.8) is 0 Å². The van der Waals surface area contributed by atoms with Crippen molar-refractivity contribution in [2.24, 2.45) is 0 Å². The molecule has 0 saturated heterocycles. The van der Waals surface area contributed by atoms with Gasteiger partial charge in [-0.1, -0.05) is 26.0 Å². The number of carbonyl (C=O) groups excluding carboxylic acids is 1. The number of nitro benzene ring substituents is 1. The van der Waals surface area contributed by atoms with Crippen molar-refractivity contribution in [1.82, 2.24) is 10.6 Å². The van der Waals surface area contributed by atoms with Crippen LogP contribution in [0.15, 0.2) is 24.3 Å². The van der Waals surface area contributed by atoms with Crippen LogP contribution in [0, 0.1) is 10.1 Å². The van der Waals surface area contributed by atoms with Crippen molar-refractivity contribution in [3.05, 3.63) is 39.9 Å². The molecule has 7 nitrogen and oxygen atoms in total. The van der Waals surface area contributed by atoms with Gasteiger partial charge in [-0.05, 0) is 18.4 Å². The molecule has 1 aromatic rings. The average molecular weight is 295 g/mol. The fourth-order valence-electron chi connectivity index (χ4n) is 1.73. The molecule has 0 bridgehead atoms. The van der Waals surface area contributed by atoms with Crippen LogP contribution in [0.5, 0.6) is 0 Å². The second-order valence-corrected chi connectivity index (χ2v) is 4.89. The van der Waals surface area contributed by atoms with E-state index in [1.807, 2.05) is 13.8 Å². The Kier molecular flexibility index (Phi) is 6.10. The van der Waals surface area contributed by atoms with Gasteiger partial charge >= 0.3 is 6.03 Å². The maximum Gasteiger partial charge on any atom is 0.315 e. The van der Waals surface area contributed by atoms with Gasteiger partial charge in [-0.25, -0.2) is 4.79 Å². The van der Waals surface area contributed by atoms with Gasteiger partial charge in [0.2, 0.25) is 0 Å². The van der Waals surface area contributed by atoms with Gasteiger partial charge in [0.1, 0.15) is 0 Å². The highest BCUT2D eigenvalue weighted by Gasteiger charge is 2.22. The fourth-order valence-corrected chi connectivity index (χ4v) is 1.73. The van der Waals surface area contributed by atoms with E-state index in [4.69, 9.17) is 0 Å². The summed E-state index contributed by atoms with van der Waals surface area (Å²) in [5.74, 6) is 0. The highest BCUT2D eigenvalue weighted by atomic mass is 16.6. The Balaban J connectivity index is 2.41. The predicted octanol–water partition coefficient (Wildman–Crippen LogP) is 1.95. The van der Waals surface area contributed by atoms with Crippen LogP contribution in [0.3, 0.4) is 0 Å². The van der Waals surface area contributed by atoms with Crippen molar-refractivity contribution in [2.45, 2.75) is 38.8 Å². The number of aliphatic hydroxyl groups is 1. The van der Waals surface area contributed by atoms with Crippen LogP contribution in [0.25, 0.3) is 0 Å². The molecule has 0 fully saturated rings. The zero-order valence-corrected chi connectivity index (χ0v) is 12.3. The minimum absolute atomic E-state index is 0.0131. The first kappa shape index (κ1) is 16.9. The minimum Gasteiger partial charge on any atom is -0.388 e. The number of benzene rings is 1. The zero-order valence-electron chi connectivity index (χ0n) is 12.3. The van der Waals surface area contributed by atoms with E-state index >= 15 is 0 Å². The largest absolute Gasteiger partial charge is 0.388 e. The Morgan fingerprint density at radius 2 is 1.81 bits per heavy atom. The highest BCUT2D eigenvalue weighted by Crippen LogP contribution is 2.13. The van der Waals surface area contributed by atoms with E-state index in [2.05, 4.69) is 10.6 Å². The number of carbonyl (C=O) groups is 1. The first-order valence-corrected chi connectivity index (χ1v) is 6.87. The molecule has 21 heavy (non-hydrogen) atoms. The Labute approximate surface area is 123 Å². The van der Waals surface area contributed by atoms with Crippen LogP contribution >= 0.6 is 0 Å². The Morgan fingerprint density at radius 1 is 1.24 bits per heavy atom. The Hall–Kier alpha value is -2.15. The van der Waals surface area contributed by atoms with Crippen LogP contribution in [0.2, 0.25) is 0 Å². The molecule has 2 amide bonds. The van der Waals surface area contributed by atoms with Gasteiger partial charge in [0.15, 0.2) is 0 Å². The maximum atomic E-state index is 11.6. The molecule has 116 valence electrons. The molecule has 0 heterocycles. The standard InChI is InChI=1S/C14H21N3O4/c1-3-14(19,4-2)10-16-13(18)15-9-11-5-7-12(8-6-11)17(20)21/h5-8,19H,3-4,9-10H2,1-2H3,(H2,15,16,18). The van der Waals surface area contributed by atoms with E-state index in [0.717, 1.165) is 5.56 Å². The number of nitro groups is 1. The van der Waals surface area contributed by atoms with Crippen molar-refractivity contribution < 1.29 is 14.8 Å². The zero-order chi connectivity index (χ0) is 15.9. The number of nitrogens with one attached hydrogen (secondary N) is 2. The van der Waals surface area contributed by atoms with Gasteiger partial charge in [0.05, 0.1) is 10.5 Å². The Bertz CT molecular complexity index is 483. The molecule has 3 N–H and O–H groups in total. The molecule has 0 aromatic heterocycles. The lowest BCUT2D eigenvalue weighted by atomic mass is 9.98. The van der Waals surface area contributed by atoms with Crippen LogP contribution in [-0.4, -0.2) is 28.2 Å². The molecule has 0 aliphatic heterocycles. The second kappa shape index (κ2) is 7.58. The predicted molar refractivity (Wildman–Crippen MR) is 78.9 cm³/mol. The van der Waals surface area contributed by atoms with Crippen LogP contribution in [0.1, 0.15) is 32.3 Å². The number of rotatable bonds is 7.